The quantitative estimate of drug-likeness (QED) is 0.0918. The van der Waals surface area contributed by atoms with Crippen molar-refractivity contribution in [1.82, 2.24) is 0 Å². The van der Waals surface area contributed by atoms with E-state index in [1.807, 2.05) is 0 Å². The van der Waals surface area contributed by atoms with Crippen molar-refractivity contribution in [3.05, 3.63) is 0 Å². The molecule has 0 bridgehead atoms. The van der Waals surface area contributed by atoms with Crippen molar-refractivity contribution < 1.29 is 27.5 Å². The molecule has 6 nitrogen and oxygen atoms in total. The lowest BCUT2D eigenvalue weighted by Crippen LogP contribution is -2.60. The molecule has 0 aliphatic carbocycles. The Morgan fingerprint density at radius 1 is 0.714 bits per heavy atom. The lowest BCUT2D eigenvalue weighted by molar-refractivity contribution is -0.160. The lowest BCUT2D eigenvalue weighted by atomic mass is 9.86. The van der Waals surface area contributed by atoms with Crippen LogP contribution in [-0.4, -0.2) is 74.0 Å². The Bertz CT molecular complexity index is 776. The van der Waals surface area contributed by atoms with E-state index in [0.29, 0.717) is 18.9 Å². The van der Waals surface area contributed by atoms with Crippen LogP contribution in [0.1, 0.15) is 95.9 Å². The van der Waals surface area contributed by atoms with Crippen molar-refractivity contribution in [2.75, 3.05) is 6.61 Å². The van der Waals surface area contributed by atoms with Gasteiger partial charge >= 0.3 is 0 Å². The summed E-state index contributed by atoms with van der Waals surface area (Å²) in [4.78, 5) is 12.4. The zero-order valence-electron chi connectivity index (χ0n) is 29.6. The fraction of sp³-hybridized carbons (Fsp3) is 0.970. The standard InChI is InChI=1S/C33H68O6Si3/c1-13-40(14-2,15-3)37-27(12)26(11)31-30(36-31)23-28-24-35-29(22-25(10)34)33(39-42(19-7,20-8)21-9)32(28)38-41(16-4,17-5)18-6/h26-33H,13-24H2,1-12H3/t26-,27-,28-,29-,30-,31-,32+,33-/m0/s1. The number of carbonyl (C=O) groups excluding carboxylic acids is 1. The molecule has 2 saturated heterocycles. The maximum absolute atomic E-state index is 12.4. The third-order valence-electron chi connectivity index (χ3n) is 11.6. The number of Topliss-reactive ketones (excluding diaryl/α,β-unsaturated/α-hetero) is 1. The van der Waals surface area contributed by atoms with E-state index in [1.165, 1.54) is 18.1 Å². The summed E-state index contributed by atoms with van der Waals surface area (Å²) in [5.41, 5.74) is 0. The Labute approximate surface area is 263 Å². The summed E-state index contributed by atoms with van der Waals surface area (Å²) in [5.74, 6) is 0.705. The van der Waals surface area contributed by atoms with E-state index >= 15 is 0 Å². The Morgan fingerprint density at radius 3 is 1.60 bits per heavy atom. The van der Waals surface area contributed by atoms with Gasteiger partial charge in [0.25, 0.3) is 0 Å². The molecule has 0 aromatic carbocycles. The van der Waals surface area contributed by atoms with Crippen LogP contribution in [0.25, 0.3) is 0 Å². The van der Waals surface area contributed by atoms with E-state index in [2.05, 4.69) is 76.2 Å². The molecule has 0 N–H and O–H groups in total. The van der Waals surface area contributed by atoms with Gasteiger partial charge in [0.05, 0.1) is 37.1 Å². The number of ether oxygens (including phenoxy) is 2. The van der Waals surface area contributed by atoms with Gasteiger partial charge in [-0.2, -0.15) is 0 Å². The number of carbonyl (C=O) groups is 1. The SMILES string of the molecule is CC[Si](CC)(CC)O[C@@H]1[C@@H](C[C@@H]2O[C@H]2[C@@H](C)[C@H](C)O[Si](CC)(CC)CC)CO[C@@H](CC(C)=O)[C@@H]1O[Si](CC)(CC)CC. The first-order chi connectivity index (χ1) is 19.9. The number of hydrogen-bond donors (Lipinski definition) is 0. The highest BCUT2D eigenvalue weighted by Crippen LogP contribution is 2.43. The molecule has 2 aliphatic rings. The van der Waals surface area contributed by atoms with Crippen LogP contribution in [0.5, 0.6) is 0 Å². The molecule has 0 radical (unpaired) electrons. The summed E-state index contributed by atoms with van der Waals surface area (Å²) in [6.45, 7) is 27.5. The molecule has 2 aliphatic heterocycles. The highest BCUT2D eigenvalue weighted by molar-refractivity contribution is 6.74. The zero-order chi connectivity index (χ0) is 31.7. The molecule has 248 valence electrons. The normalized spacial score (nSPS) is 28.5. The number of rotatable bonds is 21. The fourth-order valence-corrected chi connectivity index (χ4v) is 16.1. The van der Waals surface area contributed by atoms with Crippen LogP contribution >= 0.6 is 0 Å². The van der Waals surface area contributed by atoms with Gasteiger partial charge in [0.1, 0.15) is 5.78 Å². The van der Waals surface area contributed by atoms with Gasteiger partial charge in [0.15, 0.2) is 25.0 Å². The van der Waals surface area contributed by atoms with Crippen molar-refractivity contribution in [3.8, 4) is 0 Å². The Balaban J connectivity index is 2.34. The molecule has 0 amide bonds. The monoisotopic (exact) mass is 644 g/mol. The molecule has 8 atom stereocenters. The second-order valence-electron chi connectivity index (χ2n) is 13.5. The molecule has 0 aromatic rings. The minimum atomic E-state index is -1.98. The van der Waals surface area contributed by atoms with Crippen LogP contribution in [0.3, 0.4) is 0 Å². The Kier molecular flexibility index (Phi) is 15.6. The fourth-order valence-electron chi connectivity index (χ4n) is 7.34. The average molecular weight is 645 g/mol. The largest absolute Gasteiger partial charge is 0.414 e. The molecule has 2 heterocycles. The van der Waals surface area contributed by atoms with E-state index in [9.17, 15) is 4.79 Å². The third-order valence-corrected chi connectivity index (χ3v) is 25.6. The number of epoxide rings is 1. The van der Waals surface area contributed by atoms with Crippen LogP contribution in [-0.2, 0) is 27.5 Å². The van der Waals surface area contributed by atoms with Gasteiger partial charge in [-0.05, 0) is 74.7 Å². The summed E-state index contributed by atoms with van der Waals surface area (Å²) in [7, 11) is -5.60. The summed E-state index contributed by atoms with van der Waals surface area (Å²) in [6, 6.07) is 10.0. The summed E-state index contributed by atoms with van der Waals surface area (Å²) in [5, 5.41) is 0. The van der Waals surface area contributed by atoms with Crippen molar-refractivity contribution in [3.63, 3.8) is 0 Å². The third kappa shape index (κ3) is 9.33. The lowest BCUT2D eigenvalue weighted by Gasteiger charge is -2.49. The predicted molar refractivity (Wildman–Crippen MR) is 183 cm³/mol. The van der Waals surface area contributed by atoms with E-state index in [0.717, 1.165) is 42.7 Å². The first kappa shape index (κ1) is 38.3. The van der Waals surface area contributed by atoms with Crippen LogP contribution in [0, 0.1) is 11.8 Å². The van der Waals surface area contributed by atoms with Crippen molar-refractivity contribution in [2.24, 2.45) is 11.8 Å². The number of hydrogen-bond acceptors (Lipinski definition) is 6. The molecule has 0 aromatic heterocycles. The van der Waals surface area contributed by atoms with Crippen LogP contribution in [0.4, 0.5) is 0 Å². The van der Waals surface area contributed by atoms with E-state index in [1.54, 1.807) is 6.92 Å². The molecular weight excluding hydrogens is 577 g/mol. The van der Waals surface area contributed by atoms with E-state index < -0.39 is 25.0 Å². The van der Waals surface area contributed by atoms with Gasteiger partial charge in [0, 0.05) is 24.4 Å². The summed E-state index contributed by atoms with van der Waals surface area (Å²) < 4.78 is 34.5. The van der Waals surface area contributed by atoms with Gasteiger partial charge in [0.2, 0.25) is 0 Å². The molecule has 0 spiro atoms. The van der Waals surface area contributed by atoms with Crippen LogP contribution in [0.15, 0.2) is 0 Å². The van der Waals surface area contributed by atoms with Gasteiger partial charge in [-0.3, -0.25) is 4.79 Å². The summed E-state index contributed by atoms with van der Waals surface area (Å²) in [6.07, 6.45) is 1.43. The van der Waals surface area contributed by atoms with Crippen molar-refractivity contribution in [1.29, 1.82) is 0 Å². The van der Waals surface area contributed by atoms with E-state index in [-0.39, 0.29) is 48.3 Å². The molecule has 0 saturated carbocycles. The van der Waals surface area contributed by atoms with Crippen LogP contribution < -0.4 is 0 Å². The van der Waals surface area contributed by atoms with E-state index in [4.69, 9.17) is 22.8 Å². The van der Waals surface area contributed by atoms with Crippen LogP contribution in [0.2, 0.25) is 54.4 Å². The molecule has 2 rings (SSSR count). The number of ketones is 1. The molecule has 9 heteroatoms. The molecular formula is C33H68O6Si3. The van der Waals surface area contributed by atoms with Crippen molar-refractivity contribution in [2.45, 2.75) is 187 Å². The minimum absolute atomic E-state index is 0.0553. The predicted octanol–water partition coefficient (Wildman–Crippen LogP) is 8.97. The molecule has 42 heavy (non-hydrogen) atoms. The summed E-state index contributed by atoms with van der Waals surface area (Å²) >= 11 is 0. The van der Waals surface area contributed by atoms with Gasteiger partial charge in [-0.1, -0.05) is 69.2 Å². The average Bonchev–Trinajstić information content (AvgIpc) is 3.78. The second-order valence-corrected chi connectivity index (χ2v) is 27.7. The highest BCUT2D eigenvalue weighted by atomic mass is 28.4. The Morgan fingerprint density at radius 2 is 1.17 bits per heavy atom. The maximum Gasteiger partial charge on any atom is 0.192 e. The topological polar surface area (TPSA) is 66.5 Å². The minimum Gasteiger partial charge on any atom is -0.414 e. The second kappa shape index (κ2) is 17.2. The molecule has 2 fully saturated rings. The molecule has 0 unspecified atom stereocenters. The smallest absolute Gasteiger partial charge is 0.192 e. The highest BCUT2D eigenvalue weighted by Gasteiger charge is 2.53. The van der Waals surface area contributed by atoms with Gasteiger partial charge in [-0.15, -0.1) is 0 Å². The first-order valence-electron chi connectivity index (χ1n) is 17.7. The van der Waals surface area contributed by atoms with Gasteiger partial charge < -0.3 is 22.8 Å². The Hall–Kier alpha value is 0.121. The van der Waals surface area contributed by atoms with Gasteiger partial charge in [-0.25, -0.2) is 0 Å². The first-order valence-corrected chi connectivity index (χ1v) is 25.3. The maximum atomic E-state index is 12.4. The zero-order valence-corrected chi connectivity index (χ0v) is 32.6. The van der Waals surface area contributed by atoms with Crippen molar-refractivity contribution >= 4 is 30.7 Å².